The molecule has 116 valence electrons. The summed E-state index contributed by atoms with van der Waals surface area (Å²) in [5.74, 6) is -1.81. The molecule has 0 aliphatic carbocycles. The quantitative estimate of drug-likeness (QED) is 0.669. The van der Waals surface area contributed by atoms with Crippen molar-refractivity contribution < 1.29 is 13.2 Å². The molecular formula is C17H12F3N3. The van der Waals surface area contributed by atoms with Gasteiger partial charge in [0.1, 0.15) is 11.6 Å². The van der Waals surface area contributed by atoms with Crippen molar-refractivity contribution in [1.82, 2.24) is 9.55 Å². The molecule has 0 unspecified atom stereocenters. The zero-order chi connectivity index (χ0) is 16.4. The zero-order valence-corrected chi connectivity index (χ0v) is 12.1. The van der Waals surface area contributed by atoms with Crippen molar-refractivity contribution in [3.05, 3.63) is 53.8 Å². The Morgan fingerprint density at radius 3 is 2.43 bits per heavy atom. The number of halogens is 3. The van der Waals surface area contributed by atoms with Crippen LogP contribution in [0.2, 0.25) is 0 Å². The first-order valence-electron chi connectivity index (χ1n) is 7.08. The summed E-state index contributed by atoms with van der Waals surface area (Å²) in [5.41, 5.74) is 1.40. The fourth-order valence-corrected chi connectivity index (χ4v) is 2.48. The van der Waals surface area contributed by atoms with Crippen molar-refractivity contribution in [2.45, 2.75) is 19.4 Å². The van der Waals surface area contributed by atoms with Crippen molar-refractivity contribution in [2.24, 2.45) is 0 Å². The van der Waals surface area contributed by atoms with E-state index in [1.54, 1.807) is 16.7 Å². The maximum Gasteiger partial charge on any atom is 0.161 e. The molecular weight excluding hydrogens is 303 g/mol. The first-order valence-corrected chi connectivity index (χ1v) is 7.08. The highest BCUT2D eigenvalue weighted by Crippen LogP contribution is 2.27. The van der Waals surface area contributed by atoms with Gasteiger partial charge >= 0.3 is 0 Å². The van der Waals surface area contributed by atoms with E-state index in [4.69, 9.17) is 5.26 Å². The normalized spacial score (nSPS) is 10.9. The topological polar surface area (TPSA) is 41.6 Å². The monoisotopic (exact) mass is 315 g/mol. The van der Waals surface area contributed by atoms with Crippen molar-refractivity contribution in [3.8, 4) is 17.5 Å². The van der Waals surface area contributed by atoms with Crippen molar-refractivity contribution >= 4 is 11.0 Å². The third-order valence-corrected chi connectivity index (χ3v) is 3.56. The molecule has 0 spiro atoms. The summed E-state index contributed by atoms with van der Waals surface area (Å²) >= 11 is 0. The maximum atomic E-state index is 13.6. The van der Waals surface area contributed by atoms with Gasteiger partial charge in [-0.15, -0.1) is 0 Å². The van der Waals surface area contributed by atoms with E-state index in [-0.39, 0.29) is 5.82 Å². The molecule has 0 atom stereocenters. The van der Waals surface area contributed by atoms with Gasteiger partial charge in [-0.1, -0.05) is 0 Å². The van der Waals surface area contributed by atoms with Gasteiger partial charge in [0.15, 0.2) is 11.6 Å². The Labute approximate surface area is 130 Å². The minimum absolute atomic E-state index is 0.320. The van der Waals surface area contributed by atoms with Crippen LogP contribution in [0.5, 0.6) is 0 Å². The number of aryl methyl sites for hydroxylation is 1. The van der Waals surface area contributed by atoms with Crippen LogP contribution in [0.15, 0.2) is 36.4 Å². The lowest BCUT2D eigenvalue weighted by atomic mass is 10.2. The first-order chi connectivity index (χ1) is 11.1. The molecule has 0 bridgehead atoms. The van der Waals surface area contributed by atoms with Gasteiger partial charge < -0.3 is 4.57 Å². The number of nitrogens with zero attached hydrogens (tertiary/aromatic N) is 3. The van der Waals surface area contributed by atoms with Gasteiger partial charge in [0.05, 0.1) is 17.1 Å². The molecule has 3 rings (SSSR count). The minimum atomic E-state index is -0.968. The van der Waals surface area contributed by atoms with Gasteiger partial charge in [-0.05, 0) is 30.7 Å². The lowest BCUT2D eigenvalue weighted by Gasteiger charge is -2.08. The highest BCUT2D eigenvalue weighted by Gasteiger charge is 2.15. The number of hydrogen-bond acceptors (Lipinski definition) is 2. The Kier molecular flexibility index (Phi) is 4.02. The lowest BCUT2D eigenvalue weighted by Crippen LogP contribution is -2.01. The van der Waals surface area contributed by atoms with Crippen LogP contribution in [0.3, 0.4) is 0 Å². The van der Waals surface area contributed by atoms with E-state index >= 15 is 0 Å². The second-order valence-corrected chi connectivity index (χ2v) is 5.11. The molecule has 0 N–H and O–H groups in total. The average molecular weight is 315 g/mol. The number of unbranched alkanes of at least 4 members (excludes halogenated alkanes) is 1. The Hall–Kier alpha value is -2.81. The van der Waals surface area contributed by atoms with E-state index in [9.17, 15) is 13.2 Å². The van der Waals surface area contributed by atoms with E-state index in [2.05, 4.69) is 4.98 Å². The Morgan fingerprint density at radius 1 is 1.04 bits per heavy atom. The van der Waals surface area contributed by atoms with Crippen LogP contribution >= 0.6 is 0 Å². The van der Waals surface area contributed by atoms with Crippen LogP contribution in [0.4, 0.5) is 13.2 Å². The predicted octanol–water partition coefficient (Wildman–Crippen LogP) is 4.42. The molecule has 0 saturated carbocycles. The summed E-state index contributed by atoms with van der Waals surface area (Å²) in [6.45, 7) is 0.432. The largest absolute Gasteiger partial charge is 0.324 e. The Bertz CT molecular complexity index is 892. The summed E-state index contributed by atoms with van der Waals surface area (Å²) in [7, 11) is 0. The van der Waals surface area contributed by atoms with E-state index in [0.29, 0.717) is 41.8 Å². The van der Waals surface area contributed by atoms with Crippen molar-refractivity contribution in [3.63, 3.8) is 0 Å². The summed E-state index contributed by atoms with van der Waals surface area (Å²) < 4.78 is 41.8. The number of nitriles is 1. The number of fused-ring (bicyclic) bond motifs is 1. The molecule has 0 saturated heterocycles. The lowest BCUT2D eigenvalue weighted by molar-refractivity contribution is 0.510. The Balaban J connectivity index is 2.16. The average Bonchev–Trinajstić information content (AvgIpc) is 2.87. The SMILES string of the molecule is N#CCCCn1c(-c2ccc(F)cc2)nc2cc(F)c(F)cc21. The third-order valence-electron chi connectivity index (χ3n) is 3.56. The molecule has 23 heavy (non-hydrogen) atoms. The van der Waals surface area contributed by atoms with Gasteiger partial charge in [0.25, 0.3) is 0 Å². The molecule has 2 aromatic carbocycles. The van der Waals surface area contributed by atoms with Crippen LogP contribution in [0.25, 0.3) is 22.4 Å². The van der Waals surface area contributed by atoms with Gasteiger partial charge in [0, 0.05) is 30.7 Å². The molecule has 0 aliphatic rings. The van der Waals surface area contributed by atoms with Crippen LogP contribution in [0, 0.1) is 28.8 Å². The fourth-order valence-electron chi connectivity index (χ4n) is 2.48. The van der Waals surface area contributed by atoms with Gasteiger partial charge in [-0.3, -0.25) is 0 Å². The molecule has 1 aromatic heterocycles. The molecule has 0 radical (unpaired) electrons. The third kappa shape index (κ3) is 2.90. The van der Waals surface area contributed by atoms with Crippen LogP contribution in [0.1, 0.15) is 12.8 Å². The van der Waals surface area contributed by atoms with Crippen LogP contribution in [-0.2, 0) is 6.54 Å². The second kappa shape index (κ2) is 6.13. The molecule has 6 heteroatoms. The number of rotatable bonds is 4. The van der Waals surface area contributed by atoms with E-state index in [1.807, 2.05) is 6.07 Å². The Morgan fingerprint density at radius 2 is 1.74 bits per heavy atom. The number of hydrogen-bond donors (Lipinski definition) is 0. The van der Waals surface area contributed by atoms with E-state index in [0.717, 1.165) is 12.1 Å². The summed E-state index contributed by atoms with van der Waals surface area (Å²) in [6, 6.07) is 9.90. The molecule has 0 fully saturated rings. The molecule has 0 aliphatic heterocycles. The van der Waals surface area contributed by atoms with Gasteiger partial charge in [-0.25, -0.2) is 18.2 Å². The second-order valence-electron chi connectivity index (χ2n) is 5.11. The number of benzene rings is 2. The molecule has 1 heterocycles. The first kappa shape index (κ1) is 15.1. The van der Waals surface area contributed by atoms with Crippen molar-refractivity contribution in [2.75, 3.05) is 0 Å². The summed E-state index contributed by atoms with van der Waals surface area (Å²) in [5, 5.41) is 8.68. The van der Waals surface area contributed by atoms with Gasteiger partial charge in [0.2, 0.25) is 0 Å². The fraction of sp³-hybridized carbons (Fsp3) is 0.176. The molecule has 0 amide bonds. The number of aromatic nitrogens is 2. The molecule has 3 aromatic rings. The summed E-state index contributed by atoms with van der Waals surface area (Å²) in [4.78, 5) is 4.34. The minimum Gasteiger partial charge on any atom is -0.324 e. The van der Waals surface area contributed by atoms with Crippen molar-refractivity contribution in [1.29, 1.82) is 5.26 Å². The predicted molar refractivity (Wildman–Crippen MR) is 79.9 cm³/mol. The standard InChI is InChI=1S/C17H12F3N3/c18-12-5-3-11(4-6-12)17-22-15-9-13(19)14(20)10-16(15)23(17)8-2-1-7-21/h3-6,9-10H,1-2,8H2. The highest BCUT2D eigenvalue weighted by atomic mass is 19.2. The van der Waals surface area contributed by atoms with Gasteiger partial charge in [-0.2, -0.15) is 5.26 Å². The number of imidazole rings is 1. The van der Waals surface area contributed by atoms with Crippen LogP contribution in [-0.4, -0.2) is 9.55 Å². The maximum absolute atomic E-state index is 13.6. The summed E-state index contributed by atoms with van der Waals surface area (Å²) in [6.07, 6.45) is 0.890. The smallest absolute Gasteiger partial charge is 0.161 e. The highest BCUT2D eigenvalue weighted by molar-refractivity contribution is 5.80. The van der Waals surface area contributed by atoms with E-state index in [1.165, 1.54) is 12.1 Å². The molecule has 3 nitrogen and oxygen atoms in total. The van der Waals surface area contributed by atoms with E-state index < -0.39 is 11.6 Å². The van der Waals surface area contributed by atoms with Crippen LogP contribution < -0.4 is 0 Å². The zero-order valence-electron chi connectivity index (χ0n) is 12.1.